The van der Waals surface area contributed by atoms with Crippen molar-refractivity contribution in [3.63, 3.8) is 0 Å². The molecule has 0 aliphatic heterocycles. The van der Waals surface area contributed by atoms with E-state index in [4.69, 9.17) is 4.74 Å². The molecule has 0 radical (unpaired) electrons. The lowest BCUT2D eigenvalue weighted by Gasteiger charge is -2.30. The third-order valence-electron chi connectivity index (χ3n) is 4.44. The molecule has 0 aliphatic carbocycles. The zero-order valence-corrected chi connectivity index (χ0v) is 13.7. The number of rotatable bonds is 9. The van der Waals surface area contributed by atoms with Gasteiger partial charge in [-0.3, -0.25) is 0 Å². The highest BCUT2D eigenvalue weighted by molar-refractivity contribution is 6.86. The molecular weight excluding hydrogens is 248 g/mol. The minimum absolute atomic E-state index is 0.715. The van der Waals surface area contributed by atoms with Crippen molar-refractivity contribution >= 4 is 8.07 Å². The van der Waals surface area contributed by atoms with Crippen molar-refractivity contribution in [3.05, 3.63) is 47.7 Å². The minimum Gasteiger partial charge on any atom is -0.376 e. The lowest BCUT2D eigenvalue weighted by Crippen LogP contribution is -2.34. The normalized spacial score (nSPS) is 11.5. The highest BCUT2D eigenvalue weighted by Gasteiger charge is 2.29. The third-order valence-corrected chi connectivity index (χ3v) is 10.3. The Morgan fingerprint density at radius 1 is 1.05 bits per heavy atom. The Hall–Kier alpha value is -0.863. The SMILES string of the molecule is C=C(CCOCc1ccccc1)[Si](CC)(CC)CC. The maximum Gasteiger partial charge on any atom is 0.0800 e. The van der Waals surface area contributed by atoms with Crippen molar-refractivity contribution in [2.24, 2.45) is 0 Å². The topological polar surface area (TPSA) is 9.23 Å². The molecule has 19 heavy (non-hydrogen) atoms. The van der Waals surface area contributed by atoms with E-state index in [2.05, 4.69) is 51.6 Å². The van der Waals surface area contributed by atoms with E-state index in [0.717, 1.165) is 13.0 Å². The van der Waals surface area contributed by atoms with Crippen LogP contribution in [0.1, 0.15) is 32.8 Å². The molecule has 1 aromatic carbocycles. The van der Waals surface area contributed by atoms with Crippen LogP contribution in [0, 0.1) is 0 Å². The molecule has 0 aliphatic rings. The van der Waals surface area contributed by atoms with Crippen LogP contribution in [0.3, 0.4) is 0 Å². The summed E-state index contributed by atoms with van der Waals surface area (Å²) in [6.45, 7) is 12.9. The Morgan fingerprint density at radius 3 is 2.16 bits per heavy atom. The van der Waals surface area contributed by atoms with Gasteiger partial charge in [-0.1, -0.05) is 74.4 Å². The van der Waals surface area contributed by atoms with Crippen molar-refractivity contribution in [2.75, 3.05) is 6.61 Å². The van der Waals surface area contributed by atoms with Crippen molar-refractivity contribution < 1.29 is 4.74 Å². The maximum atomic E-state index is 5.78. The first-order valence-corrected chi connectivity index (χ1v) is 10.1. The van der Waals surface area contributed by atoms with E-state index in [1.807, 2.05) is 6.07 Å². The average molecular weight is 276 g/mol. The molecule has 0 N–H and O–H groups in total. The van der Waals surface area contributed by atoms with Crippen molar-refractivity contribution in [1.29, 1.82) is 0 Å². The monoisotopic (exact) mass is 276 g/mol. The molecule has 0 unspecified atom stereocenters. The second-order valence-corrected chi connectivity index (χ2v) is 10.6. The number of benzene rings is 1. The molecule has 2 heteroatoms. The predicted molar refractivity (Wildman–Crippen MR) is 87.1 cm³/mol. The van der Waals surface area contributed by atoms with Gasteiger partial charge in [0.25, 0.3) is 0 Å². The van der Waals surface area contributed by atoms with E-state index in [-0.39, 0.29) is 0 Å². The van der Waals surface area contributed by atoms with Crippen LogP contribution in [0.2, 0.25) is 18.1 Å². The first kappa shape index (κ1) is 16.2. The molecule has 1 rings (SSSR count). The summed E-state index contributed by atoms with van der Waals surface area (Å²) in [5.41, 5.74) is 1.25. The summed E-state index contributed by atoms with van der Waals surface area (Å²) >= 11 is 0. The molecule has 0 saturated carbocycles. The second kappa shape index (κ2) is 8.34. The first-order valence-electron chi connectivity index (χ1n) is 7.48. The fraction of sp³-hybridized carbons (Fsp3) is 0.529. The zero-order valence-electron chi connectivity index (χ0n) is 12.7. The van der Waals surface area contributed by atoms with Gasteiger partial charge in [0, 0.05) is 0 Å². The molecule has 0 atom stereocenters. The molecule has 0 fully saturated rings. The van der Waals surface area contributed by atoms with Gasteiger partial charge < -0.3 is 4.74 Å². The van der Waals surface area contributed by atoms with Crippen molar-refractivity contribution in [1.82, 2.24) is 0 Å². The van der Waals surface area contributed by atoms with Gasteiger partial charge in [0.2, 0.25) is 0 Å². The average Bonchev–Trinajstić information content (AvgIpc) is 2.47. The van der Waals surface area contributed by atoms with E-state index < -0.39 is 8.07 Å². The summed E-state index contributed by atoms with van der Waals surface area (Å²) in [7, 11) is -1.22. The van der Waals surface area contributed by atoms with Crippen molar-refractivity contribution in [2.45, 2.75) is 51.9 Å². The Bertz CT molecular complexity index is 360. The van der Waals surface area contributed by atoms with Gasteiger partial charge in [-0.05, 0) is 12.0 Å². The molecular formula is C17H28OSi. The standard InChI is InChI=1S/C17H28OSi/c1-5-19(6-2,7-3)16(4)13-14-18-15-17-11-9-8-10-12-17/h8-12H,4-7,13-15H2,1-3H3. The molecule has 0 saturated heterocycles. The Balaban J connectivity index is 2.34. The summed E-state index contributed by atoms with van der Waals surface area (Å²) in [5, 5.41) is 1.49. The molecule has 0 bridgehead atoms. The Labute approximate surface area is 119 Å². The molecule has 106 valence electrons. The molecule has 0 spiro atoms. The quantitative estimate of drug-likeness (QED) is 0.445. The maximum absolute atomic E-state index is 5.78. The van der Waals surface area contributed by atoms with Crippen LogP contribution < -0.4 is 0 Å². The highest BCUT2D eigenvalue weighted by atomic mass is 28.3. The first-order chi connectivity index (χ1) is 9.18. The molecule has 0 aromatic heterocycles. The van der Waals surface area contributed by atoms with E-state index in [1.54, 1.807) is 0 Å². The smallest absolute Gasteiger partial charge is 0.0800 e. The van der Waals surface area contributed by atoms with Crippen LogP contribution in [0.5, 0.6) is 0 Å². The fourth-order valence-corrected chi connectivity index (χ4v) is 6.36. The highest BCUT2D eigenvalue weighted by Crippen LogP contribution is 2.29. The molecule has 1 nitrogen and oxygen atoms in total. The minimum atomic E-state index is -1.22. The molecule has 0 amide bonds. The lowest BCUT2D eigenvalue weighted by atomic mass is 10.2. The number of hydrogen-bond acceptors (Lipinski definition) is 1. The molecule has 1 aromatic rings. The van der Waals surface area contributed by atoms with Crippen LogP contribution >= 0.6 is 0 Å². The third kappa shape index (κ3) is 4.63. The van der Waals surface area contributed by atoms with Crippen LogP contribution in [0.25, 0.3) is 0 Å². The Kier molecular flexibility index (Phi) is 7.10. The van der Waals surface area contributed by atoms with Gasteiger partial charge in [0.05, 0.1) is 21.3 Å². The largest absolute Gasteiger partial charge is 0.376 e. The summed E-state index contributed by atoms with van der Waals surface area (Å²) in [6, 6.07) is 14.3. The Morgan fingerprint density at radius 2 is 1.63 bits per heavy atom. The van der Waals surface area contributed by atoms with Gasteiger partial charge in [0.1, 0.15) is 0 Å². The summed E-state index contributed by atoms with van der Waals surface area (Å²) in [6.07, 6.45) is 1.04. The second-order valence-electron chi connectivity index (χ2n) is 5.23. The van der Waals surface area contributed by atoms with Gasteiger partial charge >= 0.3 is 0 Å². The van der Waals surface area contributed by atoms with Gasteiger partial charge in [0.15, 0.2) is 0 Å². The van der Waals surface area contributed by atoms with Gasteiger partial charge in [-0.15, -0.1) is 6.58 Å². The van der Waals surface area contributed by atoms with Gasteiger partial charge in [-0.2, -0.15) is 0 Å². The van der Waals surface area contributed by atoms with E-state index in [9.17, 15) is 0 Å². The number of hydrogen-bond donors (Lipinski definition) is 0. The van der Waals surface area contributed by atoms with E-state index in [0.29, 0.717) is 6.61 Å². The van der Waals surface area contributed by atoms with Crippen LogP contribution in [-0.4, -0.2) is 14.7 Å². The fourth-order valence-electron chi connectivity index (χ4n) is 2.72. The lowest BCUT2D eigenvalue weighted by molar-refractivity contribution is 0.124. The summed E-state index contributed by atoms with van der Waals surface area (Å²) < 4.78 is 5.78. The summed E-state index contributed by atoms with van der Waals surface area (Å²) in [5.74, 6) is 0. The van der Waals surface area contributed by atoms with E-state index >= 15 is 0 Å². The zero-order chi connectivity index (χ0) is 14.1. The molecule has 0 heterocycles. The predicted octanol–water partition coefficient (Wildman–Crippen LogP) is 5.20. The van der Waals surface area contributed by atoms with Gasteiger partial charge in [-0.25, -0.2) is 0 Å². The van der Waals surface area contributed by atoms with E-state index in [1.165, 1.54) is 28.9 Å². The summed E-state index contributed by atoms with van der Waals surface area (Å²) in [4.78, 5) is 0. The van der Waals surface area contributed by atoms with Crippen LogP contribution in [0.15, 0.2) is 42.1 Å². The van der Waals surface area contributed by atoms with Crippen LogP contribution in [-0.2, 0) is 11.3 Å². The van der Waals surface area contributed by atoms with Crippen LogP contribution in [0.4, 0.5) is 0 Å². The van der Waals surface area contributed by atoms with Crippen molar-refractivity contribution in [3.8, 4) is 0 Å². The number of ether oxygens (including phenoxy) is 1.